The number of rotatable bonds is 7. The lowest BCUT2D eigenvalue weighted by Gasteiger charge is -2.35. The number of hydrogen-bond donors (Lipinski definition) is 2. The summed E-state index contributed by atoms with van der Waals surface area (Å²) in [5, 5.41) is 13.4. The largest absolute Gasteiger partial charge is 0.392 e. The van der Waals surface area contributed by atoms with Crippen LogP contribution in [0.3, 0.4) is 0 Å². The van der Waals surface area contributed by atoms with Gasteiger partial charge in [-0.1, -0.05) is 51.1 Å². The minimum absolute atomic E-state index is 0.0835. The molecule has 0 radical (unpaired) electrons. The molecular formula is C18H30N2O. The number of hydrogen-bond acceptors (Lipinski definition) is 3. The fraction of sp³-hybridized carbons (Fsp3) is 0.667. The third-order valence-corrected chi connectivity index (χ3v) is 4.36. The maximum atomic E-state index is 9.76. The molecule has 3 heteroatoms. The van der Waals surface area contributed by atoms with Gasteiger partial charge in [0.1, 0.15) is 0 Å². The van der Waals surface area contributed by atoms with Gasteiger partial charge in [0.15, 0.2) is 0 Å². The molecule has 2 atom stereocenters. The van der Waals surface area contributed by atoms with Crippen LogP contribution in [0.2, 0.25) is 0 Å². The molecule has 0 bridgehead atoms. The number of aliphatic hydroxyl groups excluding tert-OH is 1. The second kappa shape index (κ2) is 7.39. The zero-order chi connectivity index (χ0) is 15.3. The van der Waals surface area contributed by atoms with Crippen molar-refractivity contribution in [2.24, 2.45) is 5.92 Å². The van der Waals surface area contributed by atoms with Crippen LogP contribution in [0.1, 0.15) is 32.8 Å². The van der Waals surface area contributed by atoms with Gasteiger partial charge in [-0.05, 0) is 24.4 Å². The molecule has 0 aromatic heterocycles. The van der Waals surface area contributed by atoms with Gasteiger partial charge in [-0.2, -0.15) is 0 Å². The first-order chi connectivity index (χ1) is 9.99. The molecule has 2 rings (SSSR count). The molecule has 0 aliphatic carbocycles. The second-order valence-corrected chi connectivity index (χ2v) is 7.13. The Labute approximate surface area is 129 Å². The number of β-amino-alcohol motifs (C(OH)–C–C–N with tert-alkyl or cyclic N) is 1. The van der Waals surface area contributed by atoms with E-state index in [1.807, 2.05) is 0 Å². The molecule has 118 valence electrons. The number of nitrogens with zero attached hydrogens (tertiary/aromatic N) is 1. The van der Waals surface area contributed by atoms with Crippen molar-refractivity contribution >= 4 is 0 Å². The predicted molar refractivity (Wildman–Crippen MR) is 88.6 cm³/mol. The summed E-state index contributed by atoms with van der Waals surface area (Å²) in [5.74, 6) is 0.665. The molecule has 3 nitrogen and oxygen atoms in total. The van der Waals surface area contributed by atoms with E-state index in [1.165, 1.54) is 5.56 Å². The lowest BCUT2D eigenvalue weighted by Crippen LogP contribution is -2.45. The molecule has 0 spiro atoms. The Balaban J connectivity index is 2.06. The fourth-order valence-corrected chi connectivity index (χ4v) is 3.18. The van der Waals surface area contributed by atoms with Gasteiger partial charge in [-0.3, -0.25) is 4.90 Å². The summed E-state index contributed by atoms with van der Waals surface area (Å²) in [6.07, 6.45) is 0.762. The first-order valence-corrected chi connectivity index (χ1v) is 8.16. The van der Waals surface area contributed by atoms with E-state index in [4.69, 9.17) is 0 Å². The first-order valence-electron chi connectivity index (χ1n) is 8.16. The van der Waals surface area contributed by atoms with Crippen molar-refractivity contribution in [1.82, 2.24) is 10.2 Å². The minimum atomic E-state index is -0.145. The van der Waals surface area contributed by atoms with Gasteiger partial charge in [0, 0.05) is 31.6 Å². The van der Waals surface area contributed by atoms with Crippen LogP contribution in [0.25, 0.3) is 0 Å². The Bertz CT molecular complexity index is 420. The van der Waals surface area contributed by atoms with Crippen LogP contribution in [0.4, 0.5) is 0 Å². The second-order valence-electron chi connectivity index (χ2n) is 7.13. The van der Waals surface area contributed by atoms with E-state index in [2.05, 4.69) is 61.3 Å². The highest BCUT2D eigenvalue weighted by atomic mass is 16.3. The molecule has 2 N–H and O–H groups in total. The van der Waals surface area contributed by atoms with Gasteiger partial charge in [-0.15, -0.1) is 0 Å². The molecule has 1 aromatic rings. The van der Waals surface area contributed by atoms with Crippen LogP contribution in [-0.2, 0) is 5.41 Å². The molecule has 1 aromatic carbocycles. The molecular weight excluding hydrogens is 260 g/mol. The third-order valence-electron chi connectivity index (χ3n) is 4.36. The number of nitrogens with one attached hydrogen (secondary N) is 1. The predicted octanol–water partition coefficient (Wildman–Crippen LogP) is 2.26. The van der Waals surface area contributed by atoms with Crippen molar-refractivity contribution in [2.45, 2.75) is 38.7 Å². The Kier molecular flexibility index (Phi) is 5.80. The smallest absolute Gasteiger partial charge is 0.0679 e. The van der Waals surface area contributed by atoms with Crippen molar-refractivity contribution < 1.29 is 5.11 Å². The summed E-state index contributed by atoms with van der Waals surface area (Å²) in [6, 6.07) is 10.8. The summed E-state index contributed by atoms with van der Waals surface area (Å²) in [7, 11) is 0. The summed E-state index contributed by atoms with van der Waals surface area (Å²) in [4.78, 5) is 2.40. The van der Waals surface area contributed by atoms with Gasteiger partial charge >= 0.3 is 0 Å². The molecule has 1 aliphatic rings. The van der Waals surface area contributed by atoms with E-state index >= 15 is 0 Å². The number of likely N-dealkylation sites (tertiary alicyclic amines) is 1. The van der Waals surface area contributed by atoms with Gasteiger partial charge < -0.3 is 10.4 Å². The van der Waals surface area contributed by atoms with Gasteiger partial charge in [0.25, 0.3) is 0 Å². The lowest BCUT2D eigenvalue weighted by atomic mass is 9.81. The standard InChI is InChI=1S/C18H30N2O/c1-15(2)11-19-13-18(3,16-7-5-4-6-8-16)14-20-10-9-17(21)12-20/h4-8,15,17,19,21H,9-14H2,1-3H3. The van der Waals surface area contributed by atoms with Gasteiger partial charge in [0.05, 0.1) is 6.10 Å². The zero-order valence-electron chi connectivity index (χ0n) is 13.7. The summed E-state index contributed by atoms with van der Waals surface area (Å²) >= 11 is 0. The molecule has 0 saturated carbocycles. The van der Waals surface area contributed by atoms with Crippen molar-refractivity contribution in [3.8, 4) is 0 Å². The Morgan fingerprint density at radius 1 is 1.33 bits per heavy atom. The summed E-state index contributed by atoms with van der Waals surface area (Å²) < 4.78 is 0. The van der Waals surface area contributed by atoms with Crippen LogP contribution >= 0.6 is 0 Å². The monoisotopic (exact) mass is 290 g/mol. The highest BCUT2D eigenvalue weighted by molar-refractivity contribution is 5.25. The average molecular weight is 290 g/mol. The van der Waals surface area contributed by atoms with Crippen LogP contribution < -0.4 is 5.32 Å². The van der Waals surface area contributed by atoms with E-state index in [0.29, 0.717) is 5.92 Å². The molecule has 1 saturated heterocycles. The van der Waals surface area contributed by atoms with Crippen molar-refractivity contribution in [2.75, 3.05) is 32.7 Å². The molecule has 1 aliphatic heterocycles. The van der Waals surface area contributed by atoms with Crippen molar-refractivity contribution in [3.63, 3.8) is 0 Å². The Morgan fingerprint density at radius 2 is 2.05 bits per heavy atom. The summed E-state index contributed by atoms with van der Waals surface area (Å²) in [5.41, 5.74) is 1.46. The number of aliphatic hydroxyl groups is 1. The molecule has 0 amide bonds. The van der Waals surface area contributed by atoms with E-state index in [-0.39, 0.29) is 11.5 Å². The average Bonchev–Trinajstić information content (AvgIpc) is 2.84. The van der Waals surface area contributed by atoms with E-state index in [0.717, 1.165) is 39.1 Å². The third kappa shape index (κ3) is 4.80. The topological polar surface area (TPSA) is 35.5 Å². The zero-order valence-corrected chi connectivity index (χ0v) is 13.7. The van der Waals surface area contributed by atoms with E-state index in [9.17, 15) is 5.11 Å². The Morgan fingerprint density at radius 3 is 2.62 bits per heavy atom. The maximum Gasteiger partial charge on any atom is 0.0679 e. The van der Waals surface area contributed by atoms with Crippen LogP contribution in [0.5, 0.6) is 0 Å². The van der Waals surface area contributed by atoms with Crippen LogP contribution in [-0.4, -0.2) is 48.8 Å². The fourth-order valence-electron chi connectivity index (χ4n) is 3.18. The molecule has 1 heterocycles. The van der Waals surface area contributed by atoms with E-state index < -0.39 is 0 Å². The van der Waals surface area contributed by atoms with E-state index in [1.54, 1.807) is 0 Å². The highest BCUT2D eigenvalue weighted by Crippen LogP contribution is 2.26. The van der Waals surface area contributed by atoms with Gasteiger partial charge in [0.2, 0.25) is 0 Å². The molecule has 21 heavy (non-hydrogen) atoms. The lowest BCUT2D eigenvalue weighted by molar-refractivity contribution is 0.165. The van der Waals surface area contributed by atoms with Gasteiger partial charge in [-0.25, -0.2) is 0 Å². The minimum Gasteiger partial charge on any atom is -0.392 e. The molecule has 1 fully saturated rings. The SMILES string of the molecule is CC(C)CNCC(C)(CN1CCC(O)C1)c1ccccc1. The van der Waals surface area contributed by atoms with Crippen LogP contribution in [0.15, 0.2) is 30.3 Å². The first kappa shape index (κ1) is 16.5. The maximum absolute atomic E-state index is 9.76. The number of benzene rings is 1. The van der Waals surface area contributed by atoms with Crippen LogP contribution in [0, 0.1) is 5.92 Å². The highest BCUT2D eigenvalue weighted by Gasteiger charge is 2.31. The normalized spacial score (nSPS) is 22.6. The molecule has 2 unspecified atom stereocenters. The summed E-state index contributed by atoms with van der Waals surface area (Å²) in [6.45, 7) is 11.7. The van der Waals surface area contributed by atoms with Crippen molar-refractivity contribution in [1.29, 1.82) is 0 Å². The quantitative estimate of drug-likeness (QED) is 0.808. The van der Waals surface area contributed by atoms with Crippen molar-refractivity contribution in [3.05, 3.63) is 35.9 Å². The Hall–Kier alpha value is -0.900.